The minimum absolute atomic E-state index is 0. The van der Waals surface area contributed by atoms with Crippen molar-refractivity contribution in [3.8, 4) is 51.5 Å². The molecule has 12 aromatic rings. The van der Waals surface area contributed by atoms with E-state index in [2.05, 4.69) is 274 Å². The molecule has 10 heterocycles. The monoisotopic (exact) mass is 2330 g/mol. The average molecular weight is 2330 g/mol. The van der Waals surface area contributed by atoms with Crippen molar-refractivity contribution in [1.82, 2.24) is 0 Å². The van der Waals surface area contributed by atoms with Crippen molar-refractivity contribution in [1.29, 1.82) is 3.89 Å². The van der Waals surface area contributed by atoms with Crippen LogP contribution in [0.25, 0.3) is 91.9 Å². The second kappa shape index (κ2) is 50.8. The standard InChI is InChI=1S/C42H50O2S5.C34H40S4.C6H4Br2O2S.C6H12.7CH3.BH3P.2Sn.Th/c1-8-12-14-27(10-3)22-29-16-18-34(47-29)37-31-20-25(5)46-40(31)38(35-19-17-30(48-35)23-28(11-4)15-13-9-2)32-24-36(49-41(32)37)39-33(42(43)44-7)21-26(6)45-39;1-5-9-11-23(7-3)21-25-13-15-29(37-25)31-27-17-19-36-34(27)32(28-18-20-35-33(28)31)30-16-14-26(38-30)22-24(8-4)12-10-6-2;1-10-6(9)3-2-4(7)11-5(3)8;1-4-6(3)5-2;;;;;;;;1-2;;;/h16-21,24,27-28H,8-15,22-23H2,1-7H3;13-18,23-24H,5-12,21-22H2,1-4H3;2H,1H3;3-5H2,1-2H3;7*1H3;1H,2H2;;;/q;;;;;;;;;;-1;;;;/i;;;;;;;;;;;1T,2TD;;;. The Morgan fingerprint density at radius 2 is 0.802 bits per heavy atom. The van der Waals surface area contributed by atoms with Gasteiger partial charge >= 0.3 is 307 Å². The number of halogens is 2. The Bertz CT molecular complexity index is 4860. The molecule has 2 aromatic carbocycles. The van der Waals surface area contributed by atoms with Crippen LogP contribution in [0.3, 0.4) is 0 Å². The van der Waals surface area contributed by atoms with Crippen LogP contribution in [0.5, 0.6) is 0 Å². The topological polar surface area (TPSA) is 52.6 Å². The van der Waals surface area contributed by atoms with E-state index < -0.39 is 45.8 Å². The van der Waals surface area contributed by atoms with Gasteiger partial charge in [0.15, 0.2) is 0 Å². The van der Waals surface area contributed by atoms with E-state index in [1.54, 1.807) is 64.2 Å². The SMILES string of the molecule is C=C(CC)CC.CCCCC(CC)Cc1ccc(-c2c3c[c]([Sn]([CH3])([CH3])[CH3])sc3c(-c3ccc(CC(CC)CCCC)s3)c3c[c]([Sn]([CH3])([CH3])[CH3])sc23)s1.CCCCC(CC)Cc1ccc(-c2c3cc(-c4sc(C)cc4C(=O)OC)sc3c(-c3ccc(CC(CC)CCCC)s3)c3cc(C)sc23)s1.COC(=O)c1cc(Br)sc1Br.[2H]P([3H])[B][3H].[CH3-].[Th]. The molecule has 0 amide bonds. The maximum atomic E-state index is 13.0. The molecule has 12 rings (SSSR count). The number of aryl methyl sites for hydroxylation is 2. The van der Waals surface area contributed by atoms with Crippen LogP contribution in [0, 0.1) is 84.9 Å². The van der Waals surface area contributed by atoms with Gasteiger partial charge in [0.05, 0.1) is 37.8 Å². The van der Waals surface area contributed by atoms with Crippen molar-refractivity contribution in [2.45, 2.75) is 254 Å². The predicted molar refractivity (Wildman–Crippen MR) is 550 cm³/mol. The first-order valence-electron chi connectivity index (χ1n) is 43.1. The molecular formula is C95H130BBr2O4PS10Sn2Th-. The fraction of sp³-hybridized carbons (Fsp3) is 0.484. The molecule has 0 saturated carbocycles. The minimum Gasteiger partial charge on any atom is -0.465 e. The van der Waals surface area contributed by atoms with Crippen molar-refractivity contribution in [3.05, 3.63) is 152 Å². The third kappa shape index (κ3) is 27.8. The summed E-state index contributed by atoms with van der Waals surface area (Å²) < 4.78 is 39.6. The summed E-state index contributed by atoms with van der Waals surface area (Å²) in [5.74, 6) is 2.52. The fourth-order valence-corrected chi connectivity index (χ4v) is 38.8. The van der Waals surface area contributed by atoms with Gasteiger partial charge in [0.2, 0.25) is 0 Å². The van der Waals surface area contributed by atoms with Crippen molar-refractivity contribution in [3.63, 3.8) is 0 Å². The Hall–Kier alpha value is -0.463. The number of carbonyl (C=O) groups excluding carboxylic acids is 2. The second-order valence-electron chi connectivity index (χ2n) is 32.5. The molecule has 0 aliphatic rings. The number of hydrogen-bond acceptors (Lipinski definition) is 14. The summed E-state index contributed by atoms with van der Waals surface area (Å²) in [6, 6.07) is 33.3. The molecule has 116 heavy (non-hydrogen) atoms. The van der Waals surface area contributed by atoms with Gasteiger partial charge in [-0.05, 0) is 133 Å². The summed E-state index contributed by atoms with van der Waals surface area (Å²) in [5.41, 5.74) is 8.41. The summed E-state index contributed by atoms with van der Waals surface area (Å²) in [7, 11) is 2.10. The molecule has 629 valence electrons. The summed E-state index contributed by atoms with van der Waals surface area (Å²) in [5, 5.41) is 5.76. The summed E-state index contributed by atoms with van der Waals surface area (Å²) in [4.78, 5) is 56.0. The number of unbranched alkanes of at least 4 members (excludes halogenated alkanes) is 4. The molecule has 5 unspecified atom stereocenters. The van der Waals surface area contributed by atoms with E-state index in [0.717, 1.165) is 79.1 Å². The van der Waals surface area contributed by atoms with Gasteiger partial charge in [0.1, 0.15) is 7.53 Å². The van der Waals surface area contributed by atoms with Crippen molar-refractivity contribution in [2.24, 2.45) is 23.7 Å². The van der Waals surface area contributed by atoms with Gasteiger partial charge in [-0.1, -0.05) is 119 Å². The smallest absolute Gasteiger partial charge is 0.339 e. The molecule has 1 radical (unpaired) electrons. The third-order valence-electron chi connectivity index (χ3n) is 21.8. The summed E-state index contributed by atoms with van der Waals surface area (Å²) >= 11 is 21.3. The molecule has 5 atom stereocenters. The van der Waals surface area contributed by atoms with E-state index >= 15 is 0 Å². The van der Waals surface area contributed by atoms with Gasteiger partial charge in [-0.2, -0.15) is 9.01 Å². The van der Waals surface area contributed by atoms with Crippen molar-refractivity contribution < 1.29 is 59.0 Å². The van der Waals surface area contributed by atoms with E-state index in [1.165, 1.54) is 212 Å². The zero-order chi connectivity index (χ0) is 85.6. The molecule has 10 aromatic heterocycles. The predicted octanol–water partition coefficient (Wildman–Crippen LogP) is 35.0. The molecule has 0 bridgehead atoms. The number of carbonyl (C=O) groups is 2. The van der Waals surface area contributed by atoms with Crippen LogP contribution < -0.4 is 5.79 Å². The molecule has 4 nitrogen and oxygen atoms in total. The van der Waals surface area contributed by atoms with E-state index in [4.69, 9.17) is 8.63 Å². The van der Waals surface area contributed by atoms with Gasteiger partial charge in [0, 0.05) is 108 Å². The van der Waals surface area contributed by atoms with Gasteiger partial charge < -0.3 is 16.9 Å². The fourth-order valence-electron chi connectivity index (χ4n) is 14.7. The Morgan fingerprint density at radius 1 is 0.474 bits per heavy atom. The Morgan fingerprint density at radius 3 is 1.10 bits per heavy atom. The van der Waals surface area contributed by atoms with Crippen LogP contribution in [-0.4, -0.2) is 74.3 Å². The van der Waals surface area contributed by atoms with Crippen molar-refractivity contribution >= 4 is 257 Å². The number of fused-ring (bicyclic) bond motifs is 4. The molecule has 0 saturated heterocycles. The quantitative estimate of drug-likeness (QED) is 0.0129. The number of rotatable bonds is 36. The largest absolute Gasteiger partial charge is 0.465 e. The van der Waals surface area contributed by atoms with Gasteiger partial charge in [-0.25, -0.2) is 9.59 Å². The molecular weight excluding hydrogens is 2200 g/mol. The van der Waals surface area contributed by atoms with Crippen LogP contribution in [0.2, 0.25) is 29.6 Å². The number of esters is 2. The first-order chi connectivity index (χ1) is 55.9. The molecule has 0 N–H and O–H groups in total. The number of thiophene rings is 10. The number of allylic oxidation sites excluding steroid dienone is 1. The number of methoxy groups -OCH3 is 2. The second-order valence-corrected chi connectivity index (χ2v) is 77.4. The Balaban J connectivity index is 0.000000290. The van der Waals surface area contributed by atoms with Crippen LogP contribution in [-0.2, 0) is 35.2 Å². The first-order valence-corrected chi connectivity index (χ1v) is 71.9. The third-order valence-corrected chi connectivity index (χ3v) is 53.3. The minimum atomic E-state index is -2.32. The number of benzene rings is 2. The van der Waals surface area contributed by atoms with E-state index in [0.29, 0.717) is 11.1 Å². The molecule has 0 aliphatic heterocycles. The first kappa shape index (κ1) is 99.3. The van der Waals surface area contributed by atoms with Crippen LogP contribution in [0.15, 0.2) is 105 Å². The number of ether oxygens (including phenoxy) is 2. The Kier molecular flexibility index (Phi) is 43.5. The molecule has 0 fully saturated rings. The van der Waals surface area contributed by atoms with Crippen LogP contribution in [0.4, 0.5) is 0 Å². The summed E-state index contributed by atoms with van der Waals surface area (Å²) in [6.45, 7) is 31.1. The van der Waals surface area contributed by atoms with Gasteiger partial charge in [-0.3, -0.25) is 0 Å². The Labute approximate surface area is 804 Å². The van der Waals surface area contributed by atoms with Gasteiger partial charge in [0.25, 0.3) is 0 Å². The molecule has 0 spiro atoms. The normalized spacial score (nSPS) is 13.1. The van der Waals surface area contributed by atoms with E-state index in [-0.39, 0.29) is 59.3 Å². The number of hydrogen-bond donors (Lipinski definition) is 0. The maximum Gasteiger partial charge on any atom is 0.339 e. The zero-order valence-electron chi connectivity index (χ0n) is 76.2. The van der Waals surface area contributed by atoms with Crippen LogP contribution in [0.1, 0.15) is 235 Å². The zero-order valence-corrected chi connectivity index (χ0v) is 95.2. The van der Waals surface area contributed by atoms with E-state index in [9.17, 15) is 9.59 Å². The van der Waals surface area contributed by atoms with Gasteiger partial charge in [-0.15, -0.1) is 68.0 Å². The summed E-state index contributed by atoms with van der Waals surface area (Å²) in [6.07, 6.45) is 27.9. The maximum absolute atomic E-state index is 13.0. The van der Waals surface area contributed by atoms with Crippen LogP contribution >= 0.6 is 154 Å². The van der Waals surface area contributed by atoms with E-state index in [1.807, 2.05) is 51.4 Å². The molecule has 0 aliphatic carbocycles. The average Bonchev–Trinajstić information content (AvgIpc) is 1.57. The molecule has 21 heteroatoms. The van der Waals surface area contributed by atoms with Crippen molar-refractivity contribution in [2.75, 3.05) is 14.2 Å².